The number of carbonyl (C=O) groups is 2. The van der Waals surface area contributed by atoms with Crippen molar-refractivity contribution in [1.29, 1.82) is 0 Å². The molecule has 1 aliphatic heterocycles. The molecule has 27 heavy (non-hydrogen) atoms. The summed E-state index contributed by atoms with van der Waals surface area (Å²) in [5.74, 6) is -1.74. The van der Waals surface area contributed by atoms with Crippen LogP contribution in [0.2, 0.25) is 5.02 Å². The quantitative estimate of drug-likeness (QED) is 0.666. The molecular formula is C21H14ClNO4. The number of anilines is 1. The molecule has 5 nitrogen and oxygen atoms in total. The Labute approximate surface area is 160 Å². The van der Waals surface area contributed by atoms with Crippen LogP contribution in [-0.2, 0) is 4.79 Å². The van der Waals surface area contributed by atoms with E-state index in [2.05, 4.69) is 0 Å². The van der Waals surface area contributed by atoms with Crippen LogP contribution in [0.4, 0.5) is 5.69 Å². The van der Waals surface area contributed by atoms with Gasteiger partial charge in [0.05, 0.1) is 17.9 Å². The first-order valence-corrected chi connectivity index (χ1v) is 8.61. The zero-order valence-corrected chi connectivity index (χ0v) is 14.8. The van der Waals surface area contributed by atoms with Gasteiger partial charge in [0.25, 0.3) is 5.91 Å². The average molecular weight is 380 g/mol. The third kappa shape index (κ3) is 2.92. The van der Waals surface area contributed by atoms with Gasteiger partial charge in [0.1, 0.15) is 0 Å². The predicted molar refractivity (Wildman–Crippen MR) is 101 cm³/mol. The molecule has 4 rings (SSSR count). The number of hydrogen-bond acceptors (Lipinski definition) is 4. The van der Waals surface area contributed by atoms with Crippen LogP contribution in [0.25, 0.3) is 0 Å². The van der Waals surface area contributed by atoms with E-state index in [-0.39, 0.29) is 11.3 Å². The van der Waals surface area contributed by atoms with Crippen LogP contribution in [0.1, 0.15) is 22.2 Å². The Morgan fingerprint density at radius 1 is 1.04 bits per heavy atom. The van der Waals surface area contributed by atoms with Gasteiger partial charge in [-0.25, -0.2) is 0 Å². The lowest BCUT2D eigenvalue weighted by Gasteiger charge is -2.26. The van der Waals surface area contributed by atoms with Gasteiger partial charge in [-0.15, -0.1) is 0 Å². The molecule has 0 aliphatic carbocycles. The summed E-state index contributed by atoms with van der Waals surface area (Å²) in [4.78, 5) is 27.2. The number of ketones is 1. The molecule has 1 atom stereocenters. The lowest BCUT2D eigenvalue weighted by atomic mass is 9.95. The number of furan rings is 1. The van der Waals surface area contributed by atoms with Crippen LogP contribution in [-0.4, -0.2) is 16.8 Å². The second kappa shape index (κ2) is 6.78. The van der Waals surface area contributed by atoms with Gasteiger partial charge >= 0.3 is 0 Å². The molecule has 0 saturated heterocycles. The number of halogens is 1. The minimum absolute atomic E-state index is 0.0267. The minimum Gasteiger partial charge on any atom is -0.503 e. The van der Waals surface area contributed by atoms with Gasteiger partial charge in [0.2, 0.25) is 5.78 Å². The summed E-state index contributed by atoms with van der Waals surface area (Å²) in [6.45, 7) is 0. The van der Waals surface area contributed by atoms with Gasteiger partial charge in [-0.05, 0) is 35.9 Å². The maximum atomic E-state index is 13.0. The van der Waals surface area contributed by atoms with Crippen molar-refractivity contribution in [2.75, 3.05) is 4.90 Å². The molecule has 1 N–H and O–H groups in total. The normalized spacial score (nSPS) is 16.9. The highest BCUT2D eigenvalue weighted by Crippen LogP contribution is 2.42. The summed E-state index contributed by atoms with van der Waals surface area (Å²) in [6, 6.07) is 18.0. The predicted octanol–water partition coefficient (Wildman–Crippen LogP) is 4.72. The summed E-state index contributed by atoms with van der Waals surface area (Å²) >= 11 is 6.09. The van der Waals surface area contributed by atoms with Crippen molar-refractivity contribution < 1.29 is 19.1 Å². The van der Waals surface area contributed by atoms with Gasteiger partial charge in [0, 0.05) is 10.7 Å². The zero-order valence-electron chi connectivity index (χ0n) is 14.0. The Hall–Kier alpha value is -3.31. The molecule has 134 valence electrons. The Morgan fingerprint density at radius 2 is 1.81 bits per heavy atom. The number of aliphatic hydroxyl groups is 1. The molecule has 0 radical (unpaired) electrons. The van der Waals surface area contributed by atoms with Crippen molar-refractivity contribution in [2.45, 2.75) is 6.04 Å². The largest absolute Gasteiger partial charge is 0.503 e. The molecule has 1 unspecified atom stereocenters. The first-order valence-electron chi connectivity index (χ1n) is 8.23. The first-order chi connectivity index (χ1) is 13.1. The van der Waals surface area contributed by atoms with Crippen molar-refractivity contribution in [1.82, 2.24) is 0 Å². The molecule has 6 heteroatoms. The fourth-order valence-corrected chi connectivity index (χ4v) is 3.41. The Bertz CT molecular complexity index is 1040. The Balaban J connectivity index is 1.89. The fraction of sp³-hybridized carbons (Fsp3) is 0.0476. The van der Waals surface area contributed by atoms with Crippen LogP contribution in [0, 0.1) is 0 Å². The van der Waals surface area contributed by atoms with Gasteiger partial charge in [-0.2, -0.15) is 0 Å². The Morgan fingerprint density at radius 3 is 2.48 bits per heavy atom. The van der Waals surface area contributed by atoms with E-state index in [0.29, 0.717) is 16.3 Å². The molecule has 1 aromatic heterocycles. The van der Waals surface area contributed by atoms with Crippen molar-refractivity contribution >= 4 is 29.0 Å². The maximum Gasteiger partial charge on any atom is 0.294 e. The second-order valence-electron chi connectivity index (χ2n) is 6.04. The zero-order chi connectivity index (χ0) is 19.0. The number of carbonyl (C=O) groups excluding carboxylic acids is 2. The number of nitrogens with zero attached hydrogens (tertiary/aromatic N) is 1. The molecular weight excluding hydrogens is 366 g/mol. The number of benzene rings is 2. The molecule has 2 aromatic carbocycles. The highest BCUT2D eigenvalue weighted by atomic mass is 35.5. The number of amides is 1. The van der Waals surface area contributed by atoms with Crippen LogP contribution in [0.5, 0.6) is 0 Å². The smallest absolute Gasteiger partial charge is 0.294 e. The molecule has 2 heterocycles. The summed E-state index contributed by atoms with van der Waals surface area (Å²) in [5.41, 5.74) is 1.14. The van der Waals surface area contributed by atoms with Crippen LogP contribution < -0.4 is 4.90 Å². The van der Waals surface area contributed by atoms with E-state index in [1.54, 1.807) is 54.6 Å². The third-order valence-corrected chi connectivity index (χ3v) is 4.63. The lowest BCUT2D eigenvalue weighted by molar-refractivity contribution is -0.117. The summed E-state index contributed by atoms with van der Waals surface area (Å²) in [5, 5.41) is 11.0. The molecule has 0 bridgehead atoms. The minimum atomic E-state index is -0.797. The monoisotopic (exact) mass is 379 g/mol. The van der Waals surface area contributed by atoms with Crippen LogP contribution in [0.15, 0.2) is 88.7 Å². The molecule has 0 spiro atoms. The third-order valence-electron chi connectivity index (χ3n) is 4.40. The van der Waals surface area contributed by atoms with E-state index in [1.807, 2.05) is 6.07 Å². The van der Waals surface area contributed by atoms with Gasteiger partial charge in [-0.1, -0.05) is 48.0 Å². The molecule has 3 aromatic rings. The van der Waals surface area contributed by atoms with Crippen molar-refractivity contribution in [2.24, 2.45) is 0 Å². The molecule has 1 aliphatic rings. The number of hydrogen-bond donors (Lipinski definition) is 1. The van der Waals surface area contributed by atoms with E-state index in [0.717, 1.165) is 0 Å². The summed E-state index contributed by atoms with van der Waals surface area (Å²) in [7, 11) is 0. The highest BCUT2D eigenvalue weighted by Gasteiger charge is 2.45. The average Bonchev–Trinajstić information content (AvgIpc) is 3.30. The molecule has 1 amide bonds. The van der Waals surface area contributed by atoms with E-state index in [9.17, 15) is 14.7 Å². The van der Waals surface area contributed by atoms with E-state index >= 15 is 0 Å². The van der Waals surface area contributed by atoms with E-state index in [1.165, 1.54) is 17.2 Å². The first kappa shape index (κ1) is 17.1. The van der Waals surface area contributed by atoms with E-state index in [4.69, 9.17) is 16.0 Å². The van der Waals surface area contributed by atoms with Crippen molar-refractivity contribution in [3.8, 4) is 0 Å². The number of rotatable bonds is 4. The van der Waals surface area contributed by atoms with Crippen LogP contribution in [0.3, 0.4) is 0 Å². The van der Waals surface area contributed by atoms with Crippen molar-refractivity contribution in [3.63, 3.8) is 0 Å². The fourth-order valence-electron chi connectivity index (χ4n) is 3.22. The van der Waals surface area contributed by atoms with Crippen molar-refractivity contribution in [3.05, 3.63) is 101 Å². The van der Waals surface area contributed by atoms with Crippen LogP contribution >= 0.6 is 11.6 Å². The van der Waals surface area contributed by atoms with Gasteiger partial charge < -0.3 is 9.52 Å². The topological polar surface area (TPSA) is 70.8 Å². The second-order valence-corrected chi connectivity index (χ2v) is 6.47. The van der Waals surface area contributed by atoms with E-state index < -0.39 is 23.5 Å². The number of aliphatic hydroxyl groups excluding tert-OH is 1. The summed E-state index contributed by atoms with van der Waals surface area (Å²) in [6.07, 6.45) is 1.37. The van der Waals surface area contributed by atoms with Gasteiger partial charge in [-0.3, -0.25) is 14.5 Å². The SMILES string of the molecule is O=C(C1=C(O)C(=O)N(c2cccc(Cl)c2)C1c1ccccc1)c1ccco1. The highest BCUT2D eigenvalue weighted by molar-refractivity contribution is 6.31. The standard InChI is InChI=1S/C21H14ClNO4/c22-14-8-4-9-15(12-14)23-18(13-6-2-1-3-7-13)17(20(25)21(23)26)19(24)16-10-5-11-27-16/h1-12,18,25H. The molecule has 0 saturated carbocycles. The summed E-state index contributed by atoms with van der Waals surface area (Å²) < 4.78 is 5.19. The Kier molecular flexibility index (Phi) is 4.30. The molecule has 0 fully saturated rings. The number of Topliss-reactive ketones (excluding diaryl/α,β-unsaturated/α-hetero) is 1. The maximum absolute atomic E-state index is 13.0. The lowest BCUT2D eigenvalue weighted by Crippen LogP contribution is -2.31. The van der Waals surface area contributed by atoms with Gasteiger partial charge in [0.15, 0.2) is 11.5 Å².